The topological polar surface area (TPSA) is 129 Å². The molecule has 38 heavy (non-hydrogen) atoms. The molecule has 2 N–H and O–H groups in total. The van der Waals surface area contributed by atoms with Crippen LogP contribution >= 0.6 is 0 Å². The average Bonchev–Trinajstić information content (AvgIpc) is 3.37. The van der Waals surface area contributed by atoms with E-state index in [4.69, 9.17) is 5.26 Å². The molecule has 2 amide bonds. The van der Waals surface area contributed by atoms with Gasteiger partial charge in [-0.3, -0.25) is 14.3 Å². The first-order valence-corrected chi connectivity index (χ1v) is 12.5. The molecule has 3 aromatic rings. The number of aromatic nitrogens is 4. The molecular weight excluding hydrogens is 487 g/mol. The van der Waals surface area contributed by atoms with E-state index in [1.807, 2.05) is 42.6 Å². The number of likely N-dealkylation sites (tertiary alicyclic amines) is 1. The number of carbonyl (C=O) groups is 2. The van der Waals surface area contributed by atoms with Gasteiger partial charge in [-0.15, -0.1) is 0 Å². The Bertz CT molecular complexity index is 1350. The molecule has 0 bridgehead atoms. The van der Waals surface area contributed by atoms with E-state index in [1.54, 1.807) is 37.4 Å². The zero-order valence-electron chi connectivity index (χ0n) is 21.9. The second-order valence-electron chi connectivity index (χ2n) is 10.4. The van der Waals surface area contributed by atoms with Gasteiger partial charge in [0.25, 0.3) is 5.91 Å². The van der Waals surface area contributed by atoms with Crippen molar-refractivity contribution in [2.45, 2.75) is 52.6 Å². The number of hydrogen-bond donors (Lipinski definition) is 2. The third-order valence-electron chi connectivity index (χ3n) is 6.33. The normalized spacial score (nSPS) is 15.0. The van der Waals surface area contributed by atoms with Crippen LogP contribution in [0.2, 0.25) is 0 Å². The van der Waals surface area contributed by atoms with E-state index in [9.17, 15) is 14.0 Å². The molecule has 1 fully saturated rings. The van der Waals surface area contributed by atoms with E-state index >= 15 is 0 Å². The lowest BCUT2D eigenvalue weighted by atomic mass is 9.93. The first kappa shape index (κ1) is 26.7. The Labute approximate surface area is 220 Å². The van der Waals surface area contributed by atoms with Gasteiger partial charge < -0.3 is 15.5 Å². The Kier molecular flexibility index (Phi) is 7.71. The van der Waals surface area contributed by atoms with Crippen LogP contribution in [0.3, 0.4) is 0 Å². The highest BCUT2D eigenvalue weighted by molar-refractivity contribution is 5.95. The fourth-order valence-corrected chi connectivity index (χ4v) is 4.26. The van der Waals surface area contributed by atoms with Crippen molar-refractivity contribution >= 4 is 23.5 Å². The maximum Gasteiger partial charge on any atom is 0.252 e. The van der Waals surface area contributed by atoms with Gasteiger partial charge in [-0.05, 0) is 31.9 Å². The number of hydrogen-bond acceptors (Lipinski definition) is 7. The summed E-state index contributed by atoms with van der Waals surface area (Å²) in [4.78, 5) is 35.0. The van der Waals surface area contributed by atoms with E-state index in [-0.39, 0.29) is 29.5 Å². The van der Waals surface area contributed by atoms with Gasteiger partial charge in [-0.25, -0.2) is 14.4 Å². The second kappa shape index (κ2) is 11.0. The number of nitriles is 1. The molecular formula is C27H31FN8O2. The quantitative estimate of drug-likeness (QED) is 0.503. The first-order valence-electron chi connectivity index (χ1n) is 12.5. The van der Waals surface area contributed by atoms with Crippen LogP contribution < -0.4 is 10.6 Å². The third kappa shape index (κ3) is 6.14. The molecule has 10 nitrogen and oxygen atoms in total. The maximum absolute atomic E-state index is 14.6. The zero-order valence-corrected chi connectivity index (χ0v) is 21.9. The Balaban J connectivity index is 1.41. The summed E-state index contributed by atoms with van der Waals surface area (Å²) < 4.78 is 16.4. The van der Waals surface area contributed by atoms with Crippen molar-refractivity contribution in [1.29, 1.82) is 5.26 Å². The van der Waals surface area contributed by atoms with Crippen molar-refractivity contribution in [3.63, 3.8) is 0 Å². The molecule has 1 aliphatic rings. The zero-order chi connectivity index (χ0) is 27.4. The van der Waals surface area contributed by atoms with Crippen LogP contribution in [-0.2, 0) is 4.79 Å². The highest BCUT2D eigenvalue weighted by atomic mass is 19.1. The molecule has 198 valence electrons. The molecule has 1 aromatic carbocycles. The molecule has 1 aliphatic heterocycles. The number of nitrogens with zero attached hydrogens (tertiary/aromatic N) is 6. The number of carbonyl (C=O) groups excluding carboxylic acids is 2. The number of anilines is 2. The van der Waals surface area contributed by atoms with Crippen molar-refractivity contribution < 1.29 is 14.0 Å². The van der Waals surface area contributed by atoms with Gasteiger partial charge in [-0.1, -0.05) is 32.9 Å². The summed E-state index contributed by atoms with van der Waals surface area (Å²) in [6.45, 7) is 8.75. The van der Waals surface area contributed by atoms with Gasteiger partial charge in [0, 0.05) is 35.8 Å². The van der Waals surface area contributed by atoms with Crippen LogP contribution in [0.15, 0.2) is 42.9 Å². The largest absolute Gasteiger partial charge is 0.342 e. The van der Waals surface area contributed by atoms with Crippen LogP contribution in [0.5, 0.6) is 0 Å². The summed E-state index contributed by atoms with van der Waals surface area (Å²) in [6.07, 6.45) is 6.22. The van der Waals surface area contributed by atoms with Gasteiger partial charge in [0.05, 0.1) is 30.2 Å². The molecule has 1 unspecified atom stereocenters. The maximum atomic E-state index is 14.6. The van der Waals surface area contributed by atoms with E-state index in [1.165, 1.54) is 0 Å². The molecule has 3 heterocycles. The number of piperidine rings is 1. The molecule has 1 atom stereocenters. The number of rotatable bonds is 6. The smallest absolute Gasteiger partial charge is 0.252 e. The Morgan fingerprint density at radius 3 is 2.47 bits per heavy atom. The van der Waals surface area contributed by atoms with E-state index in [0.717, 1.165) is 19.0 Å². The van der Waals surface area contributed by atoms with Gasteiger partial charge in [0.15, 0.2) is 5.82 Å². The fourth-order valence-electron chi connectivity index (χ4n) is 4.26. The number of nitrogens with one attached hydrogen (secondary N) is 2. The van der Waals surface area contributed by atoms with Crippen LogP contribution in [-0.4, -0.2) is 55.6 Å². The molecule has 0 aliphatic carbocycles. The summed E-state index contributed by atoms with van der Waals surface area (Å²) >= 11 is 0. The average molecular weight is 519 g/mol. The Morgan fingerprint density at radius 2 is 1.84 bits per heavy atom. The Hall–Kier alpha value is -4.33. The first-order chi connectivity index (χ1) is 18.0. The predicted molar refractivity (Wildman–Crippen MR) is 140 cm³/mol. The molecule has 1 saturated heterocycles. The Morgan fingerprint density at radius 1 is 1.16 bits per heavy atom. The number of halogens is 1. The van der Waals surface area contributed by atoms with Gasteiger partial charge in [-0.2, -0.15) is 10.4 Å². The minimum Gasteiger partial charge on any atom is -0.342 e. The second-order valence-corrected chi connectivity index (χ2v) is 10.4. The van der Waals surface area contributed by atoms with Crippen molar-refractivity contribution in [3.8, 4) is 17.3 Å². The SMILES string of the molecule is CC(C#N)NC(=O)c1ccc(-c2nc(Nc3cnn(C4CCN(C(=O)C(C)(C)C)CC4)c3)ncc2F)cc1. The van der Waals surface area contributed by atoms with Gasteiger partial charge in [0.2, 0.25) is 11.9 Å². The summed E-state index contributed by atoms with van der Waals surface area (Å²) in [5.41, 5.74) is 1.18. The van der Waals surface area contributed by atoms with Gasteiger partial charge >= 0.3 is 0 Å². The molecule has 4 rings (SSSR count). The van der Waals surface area contributed by atoms with Crippen LogP contribution in [0, 0.1) is 22.6 Å². The minimum atomic E-state index is -0.620. The summed E-state index contributed by atoms with van der Waals surface area (Å²) in [5, 5.41) is 19.0. The van der Waals surface area contributed by atoms with E-state index in [0.29, 0.717) is 29.9 Å². The lowest BCUT2D eigenvalue weighted by Crippen LogP contribution is -2.44. The van der Waals surface area contributed by atoms with Gasteiger partial charge in [0.1, 0.15) is 11.7 Å². The standard InChI is InChI=1S/C27H31FN8O2/c1-17(13-29)32-24(37)19-7-5-18(6-8-19)23-22(28)15-30-26(34-23)33-20-14-31-36(16-20)21-9-11-35(12-10-21)25(38)27(2,3)4/h5-8,14-17,21H,9-12H2,1-4H3,(H,32,37)(H,30,33,34). The minimum absolute atomic E-state index is 0.0862. The third-order valence-corrected chi connectivity index (χ3v) is 6.33. The fraction of sp³-hybridized carbons (Fsp3) is 0.407. The number of amides is 2. The van der Waals surface area contributed by atoms with Crippen LogP contribution in [0.4, 0.5) is 16.0 Å². The number of benzene rings is 1. The summed E-state index contributed by atoms with van der Waals surface area (Å²) in [7, 11) is 0. The lowest BCUT2D eigenvalue weighted by Gasteiger charge is -2.35. The predicted octanol–water partition coefficient (Wildman–Crippen LogP) is 4.07. The summed E-state index contributed by atoms with van der Waals surface area (Å²) in [6, 6.07) is 7.78. The van der Waals surface area contributed by atoms with Crippen LogP contribution in [0.25, 0.3) is 11.3 Å². The highest BCUT2D eigenvalue weighted by Crippen LogP contribution is 2.28. The van der Waals surface area contributed by atoms with E-state index in [2.05, 4.69) is 25.7 Å². The molecule has 0 radical (unpaired) electrons. The summed E-state index contributed by atoms with van der Waals surface area (Å²) in [5.74, 6) is -0.622. The lowest BCUT2D eigenvalue weighted by molar-refractivity contribution is -0.140. The van der Waals surface area contributed by atoms with Crippen LogP contribution in [0.1, 0.15) is 56.9 Å². The van der Waals surface area contributed by atoms with Crippen molar-refractivity contribution in [2.75, 3.05) is 18.4 Å². The van der Waals surface area contributed by atoms with Crippen molar-refractivity contribution in [2.24, 2.45) is 5.41 Å². The molecule has 0 saturated carbocycles. The molecule has 0 spiro atoms. The molecule has 11 heteroatoms. The monoisotopic (exact) mass is 518 g/mol. The van der Waals surface area contributed by atoms with E-state index < -0.39 is 17.3 Å². The van der Waals surface area contributed by atoms with Crippen molar-refractivity contribution in [3.05, 3.63) is 54.2 Å². The highest BCUT2D eigenvalue weighted by Gasteiger charge is 2.31. The van der Waals surface area contributed by atoms with Crippen molar-refractivity contribution in [1.82, 2.24) is 30.0 Å². The molecule has 2 aromatic heterocycles.